The van der Waals surface area contributed by atoms with Crippen molar-refractivity contribution in [3.8, 4) is 0 Å². The second-order valence-corrected chi connectivity index (χ2v) is 8.87. The molecule has 3 amide bonds. The Hall–Kier alpha value is -2.70. The minimum absolute atomic E-state index is 0.0242. The predicted octanol–water partition coefficient (Wildman–Crippen LogP) is 2.07. The van der Waals surface area contributed by atoms with Crippen molar-refractivity contribution in [1.29, 1.82) is 0 Å². The number of hydrogen-bond acceptors (Lipinski definition) is 3. The Balaban J connectivity index is 1.46. The van der Waals surface area contributed by atoms with Crippen molar-refractivity contribution in [1.82, 2.24) is 14.7 Å². The van der Waals surface area contributed by atoms with E-state index in [1.54, 1.807) is 21.9 Å². The molecule has 0 saturated carbocycles. The second kappa shape index (κ2) is 7.52. The molecular formula is C23H26FN3O3. The van der Waals surface area contributed by atoms with Gasteiger partial charge in [-0.15, -0.1) is 0 Å². The van der Waals surface area contributed by atoms with Crippen LogP contribution in [0.2, 0.25) is 0 Å². The summed E-state index contributed by atoms with van der Waals surface area (Å²) in [5, 5.41) is 0. The van der Waals surface area contributed by atoms with Gasteiger partial charge in [-0.2, -0.15) is 0 Å². The van der Waals surface area contributed by atoms with E-state index >= 15 is 0 Å². The molecule has 0 spiro atoms. The lowest BCUT2D eigenvalue weighted by Crippen LogP contribution is -2.68. The van der Waals surface area contributed by atoms with Crippen LogP contribution in [-0.2, 0) is 9.59 Å². The maximum absolute atomic E-state index is 14.2. The number of halogens is 1. The van der Waals surface area contributed by atoms with E-state index in [0.717, 1.165) is 19.3 Å². The number of likely N-dealkylation sites (tertiary alicyclic amines) is 1. The van der Waals surface area contributed by atoms with Crippen LogP contribution in [0.15, 0.2) is 36.4 Å². The molecule has 2 bridgehead atoms. The molecule has 7 heteroatoms. The van der Waals surface area contributed by atoms with Crippen LogP contribution >= 0.6 is 0 Å². The van der Waals surface area contributed by atoms with E-state index in [0.29, 0.717) is 32.6 Å². The molecule has 0 aliphatic carbocycles. The zero-order valence-corrected chi connectivity index (χ0v) is 16.9. The third-order valence-electron chi connectivity index (χ3n) is 7.12. The Morgan fingerprint density at radius 2 is 1.73 bits per heavy atom. The average Bonchev–Trinajstić information content (AvgIpc) is 3.29. The zero-order valence-electron chi connectivity index (χ0n) is 16.9. The van der Waals surface area contributed by atoms with Gasteiger partial charge >= 0.3 is 0 Å². The second-order valence-electron chi connectivity index (χ2n) is 8.87. The SMILES string of the molecule is O=C(c1ccccc1F)N1C[C@H]2C[C@@H](C1)[C@H](C(=O)N1CC=CC1)N1C(=O)CCC[C@@H]21. The van der Waals surface area contributed by atoms with Gasteiger partial charge in [0.15, 0.2) is 0 Å². The fourth-order valence-electron chi connectivity index (χ4n) is 5.79. The Morgan fingerprint density at radius 3 is 2.50 bits per heavy atom. The molecule has 0 N–H and O–H groups in total. The predicted molar refractivity (Wildman–Crippen MR) is 108 cm³/mol. The number of carbonyl (C=O) groups excluding carboxylic acids is 3. The first-order chi connectivity index (χ1) is 14.5. The lowest BCUT2D eigenvalue weighted by Gasteiger charge is -2.56. The third-order valence-corrected chi connectivity index (χ3v) is 7.12. The van der Waals surface area contributed by atoms with E-state index in [2.05, 4.69) is 0 Å². The monoisotopic (exact) mass is 411 g/mol. The number of hydrogen-bond donors (Lipinski definition) is 0. The van der Waals surface area contributed by atoms with Crippen LogP contribution in [0, 0.1) is 17.7 Å². The molecule has 1 aromatic carbocycles. The Kier molecular flexibility index (Phi) is 4.83. The minimum Gasteiger partial charge on any atom is -0.338 e. The number of carbonyl (C=O) groups is 3. The highest BCUT2D eigenvalue weighted by Crippen LogP contribution is 2.42. The highest BCUT2D eigenvalue weighted by molar-refractivity contribution is 5.95. The van der Waals surface area contributed by atoms with Crippen molar-refractivity contribution in [2.24, 2.45) is 11.8 Å². The van der Waals surface area contributed by atoms with Gasteiger partial charge in [0.2, 0.25) is 11.8 Å². The summed E-state index contributed by atoms with van der Waals surface area (Å²) in [5.41, 5.74) is 0.0701. The molecule has 4 heterocycles. The first kappa shape index (κ1) is 19.3. The molecule has 4 atom stereocenters. The standard InChI is InChI=1S/C23H26FN3O3/c24-18-7-2-1-6-17(18)22(29)26-13-15-12-16(14-26)21(23(30)25-10-3-4-11-25)27-19(15)8-5-9-20(27)28/h1-4,6-7,15-16,19,21H,5,8-14H2/t15-,16+,19+,21-/m1/s1. The van der Waals surface area contributed by atoms with Crippen LogP contribution in [0.25, 0.3) is 0 Å². The van der Waals surface area contributed by atoms with E-state index in [-0.39, 0.29) is 41.2 Å². The molecule has 3 saturated heterocycles. The van der Waals surface area contributed by atoms with Crippen molar-refractivity contribution in [3.05, 3.63) is 47.8 Å². The van der Waals surface area contributed by atoms with E-state index in [4.69, 9.17) is 0 Å². The first-order valence-electron chi connectivity index (χ1n) is 10.8. The van der Waals surface area contributed by atoms with Crippen LogP contribution in [0.3, 0.4) is 0 Å². The van der Waals surface area contributed by atoms with Crippen molar-refractivity contribution in [2.45, 2.75) is 37.8 Å². The van der Waals surface area contributed by atoms with E-state index in [1.807, 2.05) is 17.1 Å². The van der Waals surface area contributed by atoms with Crippen molar-refractivity contribution >= 4 is 17.7 Å². The normalized spacial score (nSPS) is 30.4. The Morgan fingerprint density at radius 1 is 1.00 bits per heavy atom. The molecule has 1 aromatic rings. The Bertz CT molecular complexity index is 909. The molecule has 158 valence electrons. The Labute approximate surface area is 175 Å². The molecule has 3 fully saturated rings. The summed E-state index contributed by atoms with van der Waals surface area (Å²) in [4.78, 5) is 44.8. The molecule has 0 unspecified atom stereocenters. The number of nitrogens with zero attached hydrogens (tertiary/aromatic N) is 3. The lowest BCUT2D eigenvalue weighted by atomic mass is 9.71. The average molecular weight is 411 g/mol. The fraction of sp³-hybridized carbons (Fsp3) is 0.522. The quantitative estimate of drug-likeness (QED) is 0.700. The van der Waals surface area contributed by atoms with Crippen molar-refractivity contribution < 1.29 is 18.8 Å². The summed E-state index contributed by atoms with van der Waals surface area (Å²) in [6, 6.07) is 5.48. The van der Waals surface area contributed by atoms with Crippen LogP contribution in [0.4, 0.5) is 4.39 Å². The molecule has 5 rings (SSSR count). The summed E-state index contributed by atoms with van der Waals surface area (Å²) >= 11 is 0. The summed E-state index contributed by atoms with van der Waals surface area (Å²) in [6.07, 6.45) is 6.91. The number of piperidine rings is 3. The number of fused-ring (bicyclic) bond motifs is 4. The molecule has 30 heavy (non-hydrogen) atoms. The van der Waals surface area contributed by atoms with Crippen LogP contribution in [0.1, 0.15) is 36.0 Å². The largest absolute Gasteiger partial charge is 0.338 e. The third kappa shape index (κ3) is 3.11. The van der Waals surface area contributed by atoms with Gasteiger partial charge in [-0.1, -0.05) is 24.3 Å². The van der Waals surface area contributed by atoms with Crippen LogP contribution in [0.5, 0.6) is 0 Å². The zero-order chi connectivity index (χ0) is 20.8. The van der Waals surface area contributed by atoms with E-state index < -0.39 is 11.9 Å². The van der Waals surface area contributed by atoms with Crippen molar-refractivity contribution in [2.75, 3.05) is 26.2 Å². The molecule has 4 aliphatic heterocycles. The number of benzene rings is 1. The van der Waals surface area contributed by atoms with E-state index in [9.17, 15) is 18.8 Å². The molecular weight excluding hydrogens is 385 g/mol. The maximum Gasteiger partial charge on any atom is 0.256 e. The van der Waals surface area contributed by atoms with Crippen LogP contribution in [-0.4, -0.2) is 70.7 Å². The van der Waals surface area contributed by atoms with E-state index in [1.165, 1.54) is 12.1 Å². The van der Waals surface area contributed by atoms with Gasteiger partial charge in [0.1, 0.15) is 11.9 Å². The van der Waals surface area contributed by atoms with Gasteiger partial charge in [0.05, 0.1) is 5.56 Å². The number of rotatable bonds is 2. The smallest absolute Gasteiger partial charge is 0.256 e. The lowest BCUT2D eigenvalue weighted by molar-refractivity contribution is -0.163. The maximum atomic E-state index is 14.2. The van der Waals surface area contributed by atoms with Gasteiger partial charge in [-0.05, 0) is 37.3 Å². The minimum atomic E-state index is -0.532. The van der Waals surface area contributed by atoms with Crippen molar-refractivity contribution in [3.63, 3.8) is 0 Å². The fourth-order valence-corrected chi connectivity index (χ4v) is 5.79. The molecule has 0 radical (unpaired) electrons. The number of amides is 3. The highest BCUT2D eigenvalue weighted by atomic mass is 19.1. The summed E-state index contributed by atoms with van der Waals surface area (Å²) in [5.74, 6) is -0.810. The summed E-state index contributed by atoms with van der Waals surface area (Å²) < 4.78 is 14.2. The first-order valence-corrected chi connectivity index (χ1v) is 10.8. The summed E-state index contributed by atoms with van der Waals surface area (Å²) in [7, 11) is 0. The van der Waals surface area contributed by atoms with Gasteiger partial charge in [0, 0.05) is 44.6 Å². The molecule has 6 nitrogen and oxygen atoms in total. The van der Waals surface area contributed by atoms with Gasteiger partial charge in [0.25, 0.3) is 5.91 Å². The topological polar surface area (TPSA) is 60.9 Å². The molecule has 0 aromatic heterocycles. The van der Waals surface area contributed by atoms with Gasteiger partial charge < -0.3 is 14.7 Å². The molecule has 4 aliphatic rings. The highest BCUT2D eigenvalue weighted by Gasteiger charge is 2.53. The van der Waals surface area contributed by atoms with Crippen LogP contribution < -0.4 is 0 Å². The van der Waals surface area contributed by atoms with Gasteiger partial charge in [-0.25, -0.2) is 4.39 Å². The summed E-state index contributed by atoms with van der Waals surface area (Å²) in [6.45, 7) is 2.01. The van der Waals surface area contributed by atoms with Gasteiger partial charge in [-0.3, -0.25) is 14.4 Å².